The summed E-state index contributed by atoms with van der Waals surface area (Å²) in [7, 11) is 1.54. The van der Waals surface area contributed by atoms with Crippen LogP contribution in [-0.4, -0.2) is 24.9 Å². The molecular weight excluding hydrogens is 318 g/mol. The Morgan fingerprint density at radius 3 is 2.67 bits per heavy atom. The van der Waals surface area contributed by atoms with E-state index in [1.165, 1.54) is 0 Å². The lowest BCUT2D eigenvalue weighted by molar-refractivity contribution is 0.0928. The molecule has 0 saturated carbocycles. The molecule has 0 aromatic heterocycles. The van der Waals surface area contributed by atoms with Gasteiger partial charge in [0.25, 0.3) is 5.91 Å². The van der Waals surface area contributed by atoms with Crippen LogP contribution in [0, 0.1) is 5.92 Å². The second-order valence-electron chi connectivity index (χ2n) is 4.32. The summed E-state index contributed by atoms with van der Waals surface area (Å²) in [5.41, 5.74) is 0.511. The Kier molecular flexibility index (Phi) is 5.96. The van der Waals surface area contributed by atoms with Gasteiger partial charge in [-0.25, -0.2) is 0 Å². The van der Waals surface area contributed by atoms with E-state index in [9.17, 15) is 4.79 Å². The molecule has 3 nitrogen and oxygen atoms in total. The molecule has 1 aromatic carbocycles. The zero-order valence-electron chi connectivity index (χ0n) is 10.7. The fourth-order valence-electron chi connectivity index (χ4n) is 1.48. The SMILES string of the molecule is COc1cc(Br)ccc1C(=O)NC(CCl)C(C)C. The molecule has 1 aromatic rings. The molecule has 0 aliphatic heterocycles. The Balaban J connectivity index is 2.90. The Hall–Kier alpha value is -0.740. The van der Waals surface area contributed by atoms with E-state index in [2.05, 4.69) is 21.2 Å². The van der Waals surface area contributed by atoms with E-state index < -0.39 is 0 Å². The molecule has 5 heteroatoms. The maximum absolute atomic E-state index is 12.1. The summed E-state index contributed by atoms with van der Waals surface area (Å²) < 4.78 is 6.07. The first-order valence-electron chi connectivity index (χ1n) is 5.70. The molecule has 0 fully saturated rings. The van der Waals surface area contributed by atoms with E-state index >= 15 is 0 Å². The molecule has 1 atom stereocenters. The van der Waals surface area contributed by atoms with E-state index in [1.807, 2.05) is 19.9 Å². The lowest BCUT2D eigenvalue weighted by atomic mass is 10.1. The number of alkyl halides is 1. The zero-order valence-corrected chi connectivity index (χ0v) is 13.0. The normalized spacial score (nSPS) is 12.3. The van der Waals surface area contributed by atoms with E-state index in [0.717, 1.165) is 4.47 Å². The fourth-order valence-corrected chi connectivity index (χ4v) is 2.26. The van der Waals surface area contributed by atoms with Gasteiger partial charge in [-0.15, -0.1) is 11.6 Å². The number of carbonyl (C=O) groups is 1. The molecule has 18 heavy (non-hydrogen) atoms. The highest BCUT2D eigenvalue weighted by Crippen LogP contribution is 2.23. The average Bonchev–Trinajstić information content (AvgIpc) is 2.34. The van der Waals surface area contributed by atoms with Gasteiger partial charge in [0, 0.05) is 16.4 Å². The van der Waals surface area contributed by atoms with Crippen molar-refractivity contribution >= 4 is 33.4 Å². The highest BCUT2D eigenvalue weighted by atomic mass is 79.9. The van der Waals surface area contributed by atoms with Gasteiger partial charge in [-0.3, -0.25) is 4.79 Å². The van der Waals surface area contributed by atoms with Crippen LogP contribution in [-0.2, 0) is 0 Å². The molecule has 100 valence electrons. The van der Waals surface area contributed by atoms with Crippen LogP contribution in [0.2, 0.25) is 0 Å². The van der Waals surface area contributed by atoms with Crippen molar-refractivity contribution in [1.82, 2.24) is 5.32 Å². The number of benzene rings is 1. The summed E-state index contributed by atoms with van der Waals surface area (Å²) in [6.07, 6.45) is 0. The predicted octanol–water partition coefficient (Wildman–Crippen LogP) is 3.45. The van der Waals surface area contributed by atoms with Gasteiger partial charge in [-0.2, -0.15) is 0 Å². The van der Waals surface area contributed by atoms with Crippen LogP contribution in [0.25, 0.3) is 0 Å². The van der Waals surface area contributed by atoms with Crippen LogP contribution in [0.1, 0.15) is 24.2 Å². The minimum absolute atomic E-state index is 0.0486. The number of hydrogen-bond donors (Lipinski definition) is 1. The van der Waals surface area contributed by atoms with Gasteiger partial charge in [0.1, 0.15) is 5.75 Å². The topological polar surface area (TPSA) is 38.3 Å². The lowest BCUT2D eigenvalue weighted by Crippen LogP contribution is -2.40. The Morgan fingerprint density at radius 1 is 1.50 bits per heavy atom. The summed E-state index contributed by atoms with van der Waals surface area (Å²) in [4.78, 5) is 12.1. The summed E-state index contributed by atoms with van der Waals surface area (Å²) >= 11 is 9.18. The first-order chi connectivity index (χ1) is 8.49. The van der Waals surface area contributed by atoms with Gasteiger partial charge < -0.3 is 10.1 Å². The van der Waals surface area contributed by atoms with Gasteiger partial charge in [0.2, 0.25) is 0 Å². The van der Waals surface area contributed by atoms with Crippen molar-refractivity contribution in [3.05, 3.63) is 28.2 Å². The summed E-state index contributed by atoms with van der Waals surface area (Å²) in [5, 5.41) is 2.91. The molecule has 0 saturated heterocycles. The van der Waals surface area contributed by atoms with E-state index in [0.29, 0.717) is 17.2 Å². The maximum Gasteiger partial charge on any atom is 0.255 e. The first kappa shape index (κ1) is 15.3. The number of carbonyl (C=O) groups excluding carboxylic acids is 1. The zero-order chi connectivity index (χ0) is 13.7. The molecule has 0 aliphatic rings. The fraction of sp³-hybridized carbons (Fsp3) is 0.462. The highest BCUT2D eigenvalue weighted by molar-refractivity contribution is 9.10. The third-order valence-electron chi connectivity index (χ3n) is 2.70. The summed E-state index contributed by atoms with van der Waals surface area (Å²) in [5.74, 6) is 1.05. The molecule has 1 N–H and O–H groups in total. The summed E-state index contributed by atoms with van der Waals surface area (Å²) in [6.45, 7) is 4.04. The van der Waals surface area contributed by atoms with Gasteiger partial charge >= 0.3 is 0 Å². The molecule has 0 radical (unpaired) electrons. The van der Waals surface area contributed by atoms with Crippen molar-refractivity contribution in [1.29, 1.82) is 0 Å². The van der Waals surface area contributed by atoms with Crippen LogP contribution in [0.5, 0.6) is 5.75 Å². The molecule has 1 rings (SSSR count). The first-order valence-corrected chi connectivity index (χ1v) is 7.02. The Labute approximate surface area is 121 Å². The van der Waals surface area contributed by atoms with Gasteiger partial charge in [0.05, 0.1) is 12.7 Å². The largest absolute Gasteiger partial charge is 0.496 e. The third kappa shape index (κ3) is 3.89. The molecule has 0 aliphatic carbocycles. The molecule has 0 bridgehead atoms. The maximum atomic E-state index is 12.1. The van der Waals surface area contributed by atoms with Crippen molar-refractivity contribution < 1.29 is 9.53 Å². The number of hydrogen-bond acceptors (Lipinski definition) is 2. The molecule has 1 amide bonds. The number of nitrogens with one attached hydrogen (secondary N) is 1. The second kappa shape index (κ2) is 7.00. The van der Waals surface area contributed by atoms with Crippen molar-refractivity contribution in [2.24, 2.45) is 5.92 Å². The molecule has 1 unspecified atom stereocenters. The summed E-state index contributed by atoms with van der Waals surface area (Å²) in [6, 6.07) is 5.25. The van der Waals surface area contributed by atoms with Crippen molar-refractivity contribution in [3.63, 3.8) is 0 Å². The molecule has 0 spiro atoms. The van der Waals surface area contributed by atoms with Crippen LogP contribution in [0.4, 0.5) is 0 Å². The van der Waals surface area contributed by atoms with Crippen molar-refractivity contribution in [3.8, 4) is 5.75 Å². The average molecular weight is 335 g/mol. The second-order valence-corrected chi connectivity index (χ2v) is 5.55. The van der Waals surface area contributed by atoms with Crippen LogP contribution >= 0.6 is 27.5 Å². The highest BCUT2D eigenvalue weighted by Gasteiger charge is 2.18. The number of ether oxygens (including phenoxy) is 1. The standard InChI is InChI=1S/C13H17BrClNO2/c1-8(2)11(7-15)16-13(17)10-5-4-9(14)6-12(10)18-3/h4-6,8,11H,7H2,1-3H3,(H,16,17). The Morgan fingerprint density at radius 2 is 2.17 bits per heavy atom. The molecule has 0 heterocycles. The lowest BCUT2D eigenvalue weighted by Gasteiger charge is -2.20. The predicted molar refractivity (Wildman–Crippen MR) is 77.5 cm³/mol. The number of methoxy groups -OCH3 is 1. The molecular formula is C13H17BrClNO2. The van der Waals surface area contributed by atoms with Gasteiger partial charge in [0.15, 0.2) is 0 Å². The van der Waals surface area contributed by atoms with Crippen LogP contribution in [0.3, 0.4) is 0 Å². The smallest absolute Gasteiger partial charge is 0.255 e. The van der Waals surface area contributed by atoms with Gasteiger partial charge in [-0.05, 0) is 24.1 Å². The van der Waals surface area contributed by atoms with Crippen LogP contribution < -0.4 is 10.1 Å². The number of halogens is 2. The van der Waals surface area contributed by atoms with Crippen molar-refractivity contribution in [2.75, 3.05) is 13.0 Å². The Bertz CT molecular complexity index is 423. The van der Waals surface area contributed by atoms with E-state index in [1.54, 1.807) is 19.2 Å². The van der Waals surface area contributed by atoms with E-state index in [-0.39, 0.29) is 17.9 Å². The third-order valence-corrected chi connectivity index (χ3v) is 3.52. The van der Waals surface area contributed by atoms with E-state index in [4.69, 9.17) is 16.3 Å². The monoisotopic (exact) mass is 333 g/mol. The van der Waals surface area contributed by atoms with Crippen molar-refractivity contribution in [2.45, 2.75) is 19.9 Å². The number of amides is 1. The quantitative estimate of drug-likeness (QED) is 0.838. The van der Waals surface area contributed by atoms with Gasteiger partial charge in [-0.1, -0.05) is 29.8 Å². The van der Waals surface area contributed by atoms with Crippen LogP contribution in [0.15, 0.2) is 22.7 Å². The number of rotatable bonds is 5. The minimum atomic E-state index is -0.168. The minimum Gasteiger partial charge on any atom is -0.496 e.